The van der Waals surface area contributed by atoms with Gasteiger partial charge >= 0.3 is 0 Å². The van der Waals surface area contributed by atoms with Crippen LogP contribution in [0.25, 0.3) is 0 Å². The highest BCUT2D eigenvalue weighted by Crippen LogP contribution is 2.39. The molecule has 0 atom stereocenters. The van der Waals surface area contributed by atoms with Crippen molar-refractivity contribution >= 4 is 0 Å². The molecule has 3 heteroatoms. The molecule has 0 unspecified atom stereocenters. The van der Waals surface area contributed by atoms with E-state index < -0.39 is 0 Å². The summed E-state index contributed by atoms with van der Waals surface area (Å²) in [6, 6.07) is 0. The molecule has 13 heavy (non-hydrogen) atoms. The monoisotopic (exact) mass is 180 g/mol. The third kappa shape index (κ3) is 1.90. The highest BCUT2D eigenvalue weighted by Gasteiger charge is 2.30. The molecule has 3 nitrogen and oxygen atoms in total. The molecule has 1 fully saturated rings. The first-order valence-electron chi connectivity index (χ1n) is 4.97. The third-order valence-electron chi connectivity index (χ3n) is 2.97. The number of hydrogen-bond acceptors (Lipinski definition) is 3. The van der Waals surface area contributed by atoms with Crippen molar-refractivity contribution < 1.29 is 4.52 Å². The molecule has 0 radical (unpaired) electrons. The number of rotatable bonds is 2. The van der Waals surface area contributed by atoms with Gasteiger partial charge in [0, 0.05) is 13.3 Å². The Balaban J connectivity index is 2.04. The van der Waals surface area contributed by atoms with Gasteiger partial charge in [0.1, 0.15) is 0 Å². The highest BCUT2D eigenvalue weighted by atomic mass is 16.5. The van der Waals surface area contributed by atoms with Gasteiger partial charge < -0.3 is 4.52 Å². The molecule has 1 aromatic rings. The van der Waals surface area contributed by atoms with Crippen LogP contribution in [0.1, 0.15) is 44.3 Å². The lowest BCUT2D eigenvalue weighted by molar-refractivity contribution is 0.316. The fourth-order valence-electron chi connectivity index (χ4n) is 2.20. The van der Waals surface area contributed by atoms with Gasteiger partial charge in [0.15, 0.2) is 5.82 Å². The largest absolute Gasteiger partial charge is 0.340 e. The smallest absolute Gasteiger partial charge is 0.223 e. The zero-order valence-electron chi connectivity index (χ0n) is 8.34. The van der Waals surface area contributed by atoms with Gasteiger partial charge in [-0.15, -0.1) is 0 Å². The lowest BCUT2D eigenvalue weighted by atomic mass is 9.85. The van der Waals surface area contributed by atoms with Crippen molar-refractivity contribution in [2.24, 2.45) is 5.41 Å². The number of aryl methyl sites for hydroxylation is 1. The SMILES string of the molecule is Cc1nc(CC2(C)CCCC2)no1. The van der Waals surface area contributed by atoms with E-state index in [1.807, 2.05) is 6.92 Å². The van der Waals surface area contributed by atoms with Gasteiger partial charge in [-0.2, -0.15) is 4.98 Å². The summed E-state index contributed by atoms with van der Waals surface area (Å²) in [5.41, 5.74) is 0.427. The normalized spacial score (nSPS) is 20.8. The summed E-state index contributed by atoms with van der Waals surface area (Å²) in [4.78, 5) is 4.24. The second-order valence-electron chi connectivity index (χ2n) is 4.42. The Labute approximate surface area is 78.5 Å². The number of nitrogens with zero attached hydrogens (tertiary/aromatic N) is 2. The first-order valence-corrected chi connectivity index (χ1v) is 4.97. The topological polar surface area (TPSA) is 38.9 Å². The summed E-state index contributed by atoms with van der Waals surface area (Å²) in [5, 5.41) is 3.94. The fraction of sp³-hybridized carbons (Fsp3) is 0.800. The molecule has 1 aliphatic carbocycles. The maximum atomic E-state index is 4.96. The van der Waals surface area contributed by atoms with E-state index in [0.717, 1.165) is 12.2 Å². The van der Waals surface area contributed by atoms with Gasteiger partial charge in [-0.05, 0) is 18.3 Å². The molecule has 1 aromatic heterocycles. The highest BCUT2D eigenvalue weighted by molar-refractivity contribution is 4.93. The summed E-state index contributed by atoms with van der Waals surface area (Å²) in [7, 11) is 0. The average molecular weight is 180 g/mol. The average Bonchev–Trinajstić information content (AvgIpc) is 2.62. The van der Waals surface area contributed by atoms with E-state index in [-0.39, 0.29) is 0 Å². The second kappa shape index (κ2) is 3.13. The molecule has 1 heterocycles. The molecular weight excluding hydrogens is 164 g/mol. The summed E-state index contributed by atoms with van der Waals surface area (Å²) < 4.78 is 4.96. The Bertz CT molecular complexity index is 287. The quantitative estimate of drug-likeness (QED) is 0.702. The van der Waals surface area contributed by atoms with Crippen molar-refractivity contribution in [3.05, 3.63) is 11.7 Å². The van der Waals surface area contributed by atoms with Crippen molar-refractivity contribution in [2.45, 2.75) is 46.0 Å². The van der Waals surface area contributed by atoms with E-state index in [1.165, 1.54) is 25.7 Å². The Morgan fingerprint density at radius 1 is 1.38 bits per heavy atom. The minimum absolute atomic E-state index is 0.427. The van der Waals surface area contributed by atoms with Crippen LogP contribution in [0.15, 0.2) is 4.52 Å². The van der Waals surface area contributed by atoms with Crippen LogP contribution in [-0.2, 0) is 6.42 Å². The van der Waals surface area contributed by atoms with Gasteiger partial charge in [-0.3, -0.25) is 0 Å². The van der Waals surface area contributed by atoms with Crippen molar-refractivity contribution in [3.63, 3.8) is 0 Å². The Morgan fingerprint density at radius 3 is 2.62 bits per heavy atom. The van der Waals surface area contributed by atoms with E-state index in [9.17, 15) is 0 Å². The number of aromatic nitrogens is 2. The molecule has 1 saturated carbocycles. The summed E-state index contributed by atoms with van der Waals surface area (Å²) >= 11 is 0. The van der Waals surface area contributed by atoms with Gasteiger partial charge in [0.05, 0.1) is 0 Å². The van der Waals surface area contributed by atoms with Crippen LogP contribution in [0.5, 0.6) is 0 Å². The molecule has 0 amide bonds. The minimum atomic E-state index is 0.427. The predicted octanol–water partition coefficient (Wildman–Crippen LogP) is 2.50. The molecule has 0 bridgehead atoms. The van der Waals surface area contributed by atoms with Crippen molar-refractivity contribution in [1.82, 2.24) is 10.1 Å². The molecule has 0 aliphatic heterocycles. The molecule has 0 aromatic carbocycles. The Hall–Kier alpha value is -0.860. The number of hydrogen-bond donors (Lipinski definition) is 0. The predicted molar refractivity (Wildman–Crippen MR) is 49.3 cm³/mol. The summed E-state index contributed by atoms with van der Waals surface area (Å²) in [5.74, 6) is 1.55. The van der Waals surface area contributed by atoms with Gasteiger partial charge in [-0.25, -0.2) is 0 Å². The molecule has 0 spiro atoms. The van der Waals surface area contributed by atoms with Crippen LogP contribution < -0.4 is 0 Å². The standard InChI is InChI=1S/C10H16N2O/c1-8-11-9(12-13-8)7-10(2)5-3-4-6-10/h3-7H2,1-2H3. The second-order valence-corrected chi connectivity index (χ2v) is 4.42. The fourth-order valence-corrected chi connectivity index (χ4v) is 2.20. The van der Waals surface area contributed by atoms with E-state index in [4.69, 9.17) is 4.52 Å². The van der Waals surface area contributed by atoms with Crippen LogP contribution >= 0.6 is 0 Å². The molecule has 72 valence electrons. The van der Waals surface area contributed by atoms with Crippen molar-refractivity contribution in [2.75, 3.05) is 0 Å². The van der Waals surface area contributed by atoms with E-state index in [0.29, 0.717) is 11.3 Å². The van der Waals surface area contributed by atoms with E-state index >= 15 is 0 Å². The van der Waals surface area contributed by atoms with E-state index in [2.05, 4.69) is 17.1 Å². The molecule has 2 rings (SSSR count). The zero-order valence-corrected chi connectivity index (χ0v) is 8.34. The van der Waals surface area contributed by atoms with Crippen molar-refractivity contribution in [1.29, 1.82) is 0 Å². The van der Waals surface area contributed by atoms with Crippen LogP contribution in [0, 0.1) is 12.3 Å². The maximum absolute atomic E-state index is 4.96. The summed E-state index contributed by atoms with van der Waals surface area (Å²) in [6.07, 6.45) is 6.30. The van der Waals surface area contributed by atoms with Gasteiger partial charge in [-0.1, -0.05) is 24.9 Å². The molecule has 0 saturated heterocycles. The van der Waals surface area contributed by atoms with Gasteiger partial charge in [0.2, 0.25) is 5.89 Å². The molecule has 1 aliphatic rings. The maximum Gasteiger partial charge on any atom is 0.223 e. The Kier molecular flexibility index (Phi) is 2.10. The van der Waals surface area contributed by atoms with E-state index in [1.54, 1.807) is 0 Å². The minimum Gasteiger partial charge on any atom is -0.340 e. The first-order chi connectivity index (χ1) is 6.18. The van der Waals surface area contributed by atoms with Crippen LogP contribution in [0.4, 0.5) is 0 Å². The third-order valence-corrected chi connectivity index (χ3v) is 2.97. The van der Waals surface area contributed by atoms with Crippen LogP contribution in [0.2, 0.25) is 0 Å². The van der Waals surface area contributed by atoms with Crippen LogP contribution in [0.3, 0.4) is 0 Å². The Morgan fingerprint density at radius 2 is 2.08 bits per heavy atom. The lowest BCUT2D eigenvalue weighted by Crippen LogP contribution is -2.15. The van der Waals surface area contributed by atoms with Crippen LogP contribution in [-0.4, -0.2) is 10.1 Å². The summed E-state index contributed by atoms with van der Waals surface area (Å²) in [6.45, 7) is 4.17. The van der Waals surface area contributed by atoms with Gasteiger partial charge in [0.25, 0.3) is 0 Å². The first kappa shape index (κ1) is 8.73. The van der Waals surface area contributed by atoms with Crippen molar-refractivity contribution in [3.8, 4) is 0 Å². The molecule has 0 N–H and O–H groups in total. The molecular formula is C10H16N2O. The lowest BCUT2D eigenvalue weighted by Gasteiger charge is -2.20. The zero-order chi connectivity index (χ0) is 9.31.